The fraction of sp³-hybridized carbons (Fsp3) is 0.316. The molecule has 3 rings (SSSR count). The van der Waals surface area contributed by atoms with E-state index in [1.807, 2.05) is 0 Å². The van der Waals surface area contributed by atoms with Gasteiger partial charge in [-0.3, -0.25) is 4.79 Å². The fourth-order valence-corrected chi connectivity index (χ4v) is 4.16. The maximum Gasteiger partial charge on any atom is 0.416 e. The number of hydrogen-bond donors (Lipinski definition) is 0. The predicted octanol–water partition coefficient (Wildman–Crippen LogP) is 4.61. The lowest BCUT2D eigenvalue weighted by atomic mass is 10.1. The average molecular weight is 397 g/mol. The summed E-state index contributed by atoms with van der Waals surface area (Å²) >= 11 is 1.55. The van der Waals surface area contributed by atoms with Crippen LogP contribution >= 0.6 is 11.8 Å². The molecule has 4 nitrogen and oxygen atoms in total. The number of alkyl halides is 3. The average Bonchev–Trinajstić information content (AvgIpc) is 3.16. The molecule has 0 bridgehead atoms. The van der Waals surface area contributed by atoms with E-state index in [0.29, 0.717) is 23.8 Å². The highest BCUT2D eigenvalue weighted by atomic mass is 32.2. The molecule has 2 aromatic carbocycles. The summed E-state index contributed by atoms with van der Waals surface area (Å²) < 4.78 is 49.4. The molecule has 0 aliphatic carbocycles. The van der Waals surface area contributed by atoms with Gasteiger partial charge in [-0.1, -0.05) is 6.07 Å². The molecule has 8 heteroatoms. The van der Waals surface area contributed by atoms with Crippen LogP contribution in [0.25, 0.3) is 0 Å². The van der Waals surface area contributed by atoms with Gasteiger partial charge in [0.1, 0.15) is 16.9 Å². The second-order valence-corrected chi connectivity index (χ2v) is 7.13. The highest BCUT2D eigenvalue weighted by Gasteiger charge is 2.34. The molecule has 1 aliphatic heterocycles. The Morgan fingerprint density at radius 1 is 1.11 bits per heavy atom. The summed E-state index contributed by atoms with van der Waals surface area (Å²) in [6.45, 7) is 0.448. The van der Waals surface area contributed by atoms with Gasteiger partial charge in [-0.15, -0.1) is 11.8 Å². The van der Waals surface area contributed by atoms with Gasteiger partial charge in [-0.2, -0.15) is 13.2 Å². The zero-order valence-corrected chi connectivity index (χ0v) is 15.6. The van der Waals surface area contributed by atoms with E-state index in [2.05, 4.69) is 0 Å². The van der Waals surface area contributed by atoms with E-state index >= 15 is 0 Å². The molecule has 1 fully saturated rings. The van der Waals surface area contributed by atoms with Gasteiger partial charge in [0.2, 0.25) is 0 Å². The van der Waals surface area contributed by atoms with Crippen LogP contribution in [0.5, 0.6) is 11.5 Å². The largest absolute Gasteiger partial charge is 0.497 e. The minimum atomic E-state index is -4.49. The quantitative estimate of drug-likeness (QED) is 0.755. The van der Waals surface area contributed by atoms with E-state index in [4.69, 9.17) is 9.47 Å². The molecule has 0 N–H and O–H groups in total. The van der Waals surface area contributed by atoms with Crippen molar-refractivity contribution in [3.8, 4) is 11.5 Å². The van der Waals surface area contributed by atoms with Crippen LogP contribution in [-0.2, 0) is 6.18 Å². The molecule has 144 valence electrons. The van der Waals surface area contributed by atoms with Gasteiger partial charge in [0.05, 0.1) is 19.8 Å². The van der Waals surface area contributed by atoms with Gasteiger partial charge in [0, 0.05) is 23.9 Å². The van der Waals surface area contributed by atoms with E-state index in [1.165, 1.54) is 26.4 Å². The van der Waals surface area contributed by atoms with Crippen molar-refractivity contribution in [1.29, 1.82) is 0 Å². The molecule has 27 heavy (non-hydrogen) atoms. The van der Waals surface area contributed by atoms with Crippen LogP contribution in [0.15, 0.2) is 42.5 Å². The van der Waals surface area contributed by atoms with Crippen LogP contribution in [0.1, 0.15) is 26.9 Å². The number of amides is 1. The first-order chi connectivity index (χ1) is 12.8. The van der Waals surface area contributed by atoms with Crippen molar-refractivity contribution in [2.75, 3.05) is 26.5 Å². The van der Waals surface area contributed by atoms with Crippen LogP contribution in [0.2, 0.25) is 0 Å². The summed E-state index contributed by atoms with van der Waals surface area (Å²) in [6.07, 6.45) is -4.49. The third-order valence-electron chi connectivity index (χ3n) is 4.25. The van der Waals surface area contributed by atoms with Gasteiger partial charge in [-0.05, 0) is 35.9 Å². The van der Waals surface area contributed by atoms with Gasteiger partial charge in [-0.25, -0.2) is 0 Å². The minimum absolute atomic E-state index is 0.0205. The van der Waals surface area contributed by atoms with Crippen LogP contribution in [0.4, 0.5) is 13.2 Å². The molecule has 2 aromatic rings. The first kappa shape index (κ1) is 19.4. The van der Waals surface area contributed by atoms with Gasteiger partial charge in [0.15, 0.2) is 0 Å². The molecule has 1 aliphatic rings. The van der Waals surface area contributed by atoms with Crippen molar-refractivity contribution in [2.45, 2.75) is 11.6 Å². The van der Waals surface area contributed by atoms with E-state index in [0.717, 1.165) is 17.7 Å². The van der Waals surface area contributed by atoms with Crippen LogP contribution in [-0.4, -0.2) is 37.3 Å². The molecule has 0 spiro atoms. The Kier molecular flexibility index (Phi) is 5.55. The Morgan fingerprint density at radius 3 is 2.37 bits per heavy atom. The fourth-order valence-electron chi connectivity index (χ4n) is 2.92. The number of halogens is 3. The third kappa shape index (κ3) is 4.16. The van der Waals surface area contributed by atoms with E-state index in [9.17, 15) is 18.0 Å². The summed E-state index contributed by atoms with van der Waals surface area (Å²) in [5.74, 6) is 1.43. The Labute approximate surface area is 159 Å². The second kappa shape index (κ2) is 7.72. The Morgan fingerprint density at radius 2 is 1.78 bits per heavy atom. The molecule has 1 saturated heterocycles. The standard InChI is InChI=1S/C19H18F3NO3S/c1-25-15-9-13(10-16(11-15)26-2)18-23(6-7-27-18)17(24)12-4-3-5-14(8-12)19(20,21)22/h3-5,8-11,18H,6-7H2,1-2H3. The minimum Gasteiger partial charge on any atom is -0.497 e. The monoisotopic (exact) mass is 397 g/mol. The number of carbonyl (C=O) groups is 1. The lowest BCUT2D eigenvalue weighted by Gasteiger charge is -2.25. The number of hydrogen-bond acceptors (Lipinski definition) is 4. The summed E-state index contributed by atoms with van der Waals surface area (Å²) in [7, 11) is 3.07. The molecule has 1 heterocycles. The first-order valence-electron chi connectivity index (χ1n) is 8.16. The zero-order chi connectivity index (χ0) is 19.6. The number of ether oxygens (including phenoxy) is 2. The number of carbonyl (C=O) groups excluding carboxylic acids is 1. The van der Waals surface area contributed by atoms with E-state index in [1.54, 1.807) is 34.9 Å². The van der Waals surface area contributed by atoms with Crippen LogP contribution < -0.4 is 9.47 Å². The van der Waals surface area contributed by atoms with Gasteiger partial charge in [0.25, 0.3) is 5.91 Å². The number of rotatable bonds is 4. The van der Waals surface area contributed by atoms with E-state index in [-0.39, 0.29) is 10.9 Å². The SMILES string of the molecule is COc1cc(OC)cc(C2SCCN2C(=O)c2cccc(C(F)(F)F)c2)c1. The Bertz CT molecular complexity index is 819. The number of methoxy groups -OCH3 is 2. The second-order valence-electron chi connectivity index (χ2n) is 5.95. The third-order valence-corrected chi connectivity index (χ3v) is 5.51. The van der Waals surface area contributed by atoms with Crippen LogP contribution in [0, 0.1) is 0 Å². The normalized spacial score (nSPS) is 17.1. The van der Waals surface area contributed by atoms with Crippen molar-refractivity contribution < 1.29 is 27.4 Å². The first-order valence-corrected chi connectivity index (χ1v) is 9.21. The Hall–Kier alpha value is -2.35. The van der Waals surface area contributed by atoms with Crippen molar-refractivity contribution in [1.82, 2.24) is 4.90 Å². The molecule has 0 aromatic heterocycles. The lowest BCUT2D eigenvalue weighted by molar-refractivity contribution is -0.137. The van der Waals surface area contributed by atoms with Gasteiger partial charge < -0.3 is 14.4 Å². The topological polar surface area (TPSA) is 38.8 Å². The summed E-state index contributed by atoms with van der Waals surface area (Å²) in [5.41, 5.74) is -0.0130. The van der Waals surface area contributed by atoms with Crippen molar-refractivity contribution in [3.05, 3.63) is 59.2 Å². The number of thioether (sulfide) groups is 1. The molecule has 0 saturated carbocycles. The summed E-state index contributed by atoms with van der Waals surface area (Å²) in [4.78, 5) is 14.5. The molecule has 1 atom stereocenters. The van der Waals surface area contributed by atoms with Gasteiger partial charge >= 0.3 is 6.18 Å². The molecule has 1 amide bonds. The van der Waals surface area contributed by atoms with Crippen molar-refractivity contribution in [2.24, 2.45) is 0 Å². The highest BCUT2D eigenvalue weighted by molar-refractivity contribution is 7.99. The van der Waals surface area contributed by atoms with Crippen LogP contribution in [0.3, 0.4) is 0 Å². The zero-order valence-electron chi connectivity index (χ0n) is 14.7. The maximum atomic E-state index is 13.0. The van der Waals surface area contributed by atoms with E-state index < -0.39 is 17.6 Å². The highest BCUT2D eigenvalue weighted by Crippen LogP contribution is 2.41. The maximum absolute atomic E-state index is 13.0. The molecule has 0 radical (unpaired) electrons. The molecular weight excluding hydrogens is 379 g/mol. The number of nitrogens with zero attached hydrogens (tertiary/aromatic N) is 1. The number of benzene rings is 2. The smallest absolute Gasteiger partial charge is 0.416 e. The summed E-state index contributed by atoms with van der Waals surface area (Å²) in [5, 5.41) is -0.323. The Balaban J connectivity index is 1.92. The molecule has 1 unspecified atom stereocenters. The predicted molar refractivity (Wildman–Crippen MR) is 97.2 cm³/mol. The summed E-state index contributed by atoms with van der Waals surface area (Å²) in [6, 6.07) is 9.85. The molecular formula is C19H18F3NO3S. The van der Waals surface area contributed by atoms with Crippen molar-refractivity contribution >= 4 is 17.7 Å². The lowest BCUT2D eigenvalue weighted by Crippen LogP contribution is -2.30. The van der Waals surface area contributed by atoms with Crippen molar-refractivity contribution in [3.63, 3.8) is 0 Å².